The van der Waals surface area contributed by atoms with Crippen molar-refractivity contribution in [2.75, 3.05) is 6.61 Å². The van der Waals surface area contributed by atoms with Crippen molar-refractivity contribution in [1.29, 1.82) is 10.7 Å². The highest BCUT2D eigenvalue weighted by atomic mass is 16.5. The summed E-state index contributed by atoms with van der Waals surface area (Å²) in [5.41, 5.74) is 1.76. The van der Waals surface area contributed by atoms with Crippen LogP contribution >= 0.6 is 0 Å². The number of hydrogen-bond donors (Lipinski definition) is 1. The van der Waals surface area contributed by atoms with Gasteiger partial charge in [-0.15, -0.1) is 0 Å². The van der Waals surface area contributed by atoms with Gasteiger partial charge in [-0.2, -0.15) is 5.26 Å². The van der Waals surface area contributed by atoms with Gasteiger partial charge in [0.25, 0.3) is 0 Å². The fourth-order valence-corrected chi connectivity index (χ4v) is 2.26. The lowest BCUT2D eigenvalue weighted by atomic mass is 10.0. The molecule has 0 aromatic heterocycles. The SMILES string of the molecule is CC(=N)C(C#N)C(=O)COC(=O)/C=C/c1ccc(OCc2ccccc2)cc1. The van der Waals surface area contributed by atoms with Crippen LogP contribution in [0.4, 0.5) is 0 Å². The second-order valence-corrected chi connectivity index (χ2v) is 6.00. The van der Waals surface area contributed by atoms with Crippen LogP contribution in [-0.4, -0.2) is 24.1 Å². The van der Waals surface area contributed by atoms with E-state index in [0.29, 0.717) is 12.4 Å². The predicted octanol–water partition coefficient (Wildman–Crippen LogP) is 3.57. The molecule has 0 saturated heterocycles. The van der Waals surface area contributed by atoms with E-state index in [-0.39, 0.29) is 5.71 Å². The first-order chi connectivity index (χ1) is 13.5. The third-order valence-corrected chi connectivity index (χ3v) is 3.78. The number of hydrogen-bond acceptors (Lipinski definition) is 6. The summed E-state index contributed by atoms with van der Waals surface area (Å²) in [5.74, 6) is -1.78. The number of nitriles is 1. The highest BCUT2D eigenvalue weighted by Gasteiger charge is 2.20. The number of esters is 1. The molecule has 0 fully saturated rings. The molecule has 1 unspecified atom stereocenters. The number of nitrogens with one attached hydrogen (secondary N) is 1. The maximum absolute atomic E-state index is 11.7. The number of ketones is 1. The Balaban J connectivity index is 1.81. The van der Waals surface area contributed by atoms with E-state index >= 15 is 0 Å². The van der Waals surface area contributed by atoms with Crippen LogP contribution in [0.5, 0.6) is 5.75 Å². The minimum Gasteiger partial charge on any atom is -0.489 e. The summed E-state index contributed by atoms with van der Waals surface area (Å²) >= 11 is 0. The zero-order chi connectivity index (χ0) is 20.4. The van der Waals surface area contributed by atoms with Gasteiger partial charge in [-0.05, 0) is 36.3 Å². The summed E-state index contributed by atoms with van der Waals surface area (Å²) in [7, 11) is 0. The Hall–Kier alpha value is -3.72. The molecule has 1 atom stereocenters. The minimum atomic E-state index is -1.18. The van der Waals surface area contributed by atoms with Crippen LogP contribution in [0, 0.1) is 22.7 Å². The molecule has 1 N–H and O–H groups in total. The van der Waals surface area contributed by atoms with Crippen LogP contribution in [-0.2, 0) is 20.9 Å². The van der Waals surface area contributed by atoms with Gasteiger partial charge in [-0.25, -0.2) is 4.79 Å². The van der Waals surface area contributed by atoms with E-state index in [2.05, 4.69) is 0 Å². The maximum atomic E-state index is 11.7. The Morgan fingerprint density at radius 1 is 1.14 bits per heavy atom. The molecule has 6 heteroatoms. The highest BCUT2D eigenvalue weighted by Crippen LogP contribution is 2.15. The van der Waals surface area contributed by atoms with E-state index in [4.69, 9.17) is 20.1 Å². The van der Waals surface area contributed by atoms with Crippen molar-refractivity contribution in [2.24, 2.45) is 5.92 Å². The van der Waals surface area contributed by atoms with Crippen LogP contribution in [0.1, 0.15) is 18.1 Å². The number of carbonyl (C=O) groups is 2. The first-order valence-corrected chi connectivity index (χ1v) is 8.58. The summed E-state index contributed by atoms with van der Waals surface area (Å²) in [4.78, 5) is 23.4. The van der Waals surface area contributed by atoms with E-state index in [0.717, 1.165) is 11.1 Å². The molecule has 0 aliphatic rings. The average molecular weight is 376 g/mol. The van der Waals surface area contributed by atoms with Gasteiger partial charge in [0.2, 0.25) is 0 Å². The maximum Gasteiger partial charge on any atom is 0.331 e. The molecule has 2 rings (SSSR count). The fourth-order valence-electron chi connectivity index (χ4n) is 2.26. The smallest absolute Gasteiger partial charge is 0.331 e. The highest BCUT2D eigenvalue weighted by molar-refractivity contribution is 6.06. The minimum absolute atomic E-state index is 0.0753. The van der Waals surface area contributed by atoms with Gasteiger partial charge in [-0.1, -0.05) is 42.5 Å². The third-order valence-electron chi connectivity index (χ3n) is 3.78. The van der Waals surface area contributed by atoms with Crippen LogP contribution < -0.4 is 4.74 Å². The lowest BCUT2D eigenvalue weighted by Crippen LogP contribution is -2.25. The first-order valence-electron chi connectivity index (χ1n) is 8.58. The molecule has 0 aliphatic heterocycles. The van der Waals surface area contributed by atoms with E-state index in [1.807, 2.05) is 30.3 Å². The summed E-state index contributed by atoms with van der Waals surface area (Å²) in [6, 6.07) is 18.7. The van der Waals surface area contributed by atoms with Crippen LogP contribution in [0.15, 0.2) is 60.7 Å². The Labute approximate surface area is 163 Å². The average Bonchev–Trinajstić information content (AvgIpc) is 2.71. The summed E-state index contributed by atoms with van der Waals surface area (Å²) in [6.07, 6.45) is 2.75. The van der Waals surface area contributed by atoms with E-state index in [1.165, 1.54) is 13.0 Å². The van der Waals surface area contributed by atoms with Crippen molar-refractivity contribution in [3.8, 4) is 11.8 Å². The van der Waals surface area contributed by atoms with E-state index < -0.39 is 24.3 Å². The molecule has 0 bridgehead atoms. The number of benzene rings is 2. The van der Waals surface area contributed by atoms with Crippen molar-refractivity contribution in [1.82, 2.24) is 0 Å². The molecule has 2 aromatic rings. The molecule has 0 spiro atoms. The second kappa shape index (κ2) is 10.4. The third kappa shape index (κ3) is 6.54. The standard InChI is InChI=1S/C22H20N2O4/c1-16(24)20(13-23)21(25)15-28-22(26)12-9-17-7-10-19(11-8-17)27-14-18-5-3-2-4-6-18/h2-12,20,24H,14-15H2,1H3/b12-9+,24-16?. The fraction of sp³-hybridized carbons (Fsp3) is 0.182. The van der Waals surface area contributed by atoms with E-state index in [1.54, 1.807) is 36.4 Å². The first kappa shape index (κ1) is 20.6. The van der Waals surface area contributed by atoms with Crippen molar-refractivity contribution in [3.05, 3.63) is 71.8 Å². The van der Waals surface area contributed by atoms with E-state index in [9.17, 15) is 9.59 Å². The molecule has 0 heterocycles. The normalized spacial score (nSPS) is 11.4. The van der Waals surface area contributed by atoms with Gasteiger partial charge < -0.3 is 14.9 Å². The van der Waals surface area contributed by atoms with Crippen molar-refractivity contribution < 1.29 is 19.1 Å². The molecular formula is C22H20N2O4. The molecule has 0 radical (unpaired) electrons. The monoisotopic (exact) mass is 376 g/mol. The van der Waals surface area contributed by atoms with Gasteiger partial charge in [0, 0.05) is 11.8 Å². The summed E-state index contributed by atoms with van der Waals surface area (Å²) in [6.45, 7) is 1.29. The largest absolute Gasteiger partial charge is 0.489 e. The molecule has 6 nitrogen and oxygen atoms in total. The Morgan fingerprint density at radius 2 is 1.82 bits per heavy atom. The van der Waals surface area contributed by atoms with Crippen molar-refractivity contribution in [3.63, 3.8) is 0 Å². The number of carbonyl (C=O) groups excluding carboxylic acids is 2. The van der Waals surface area contributed by atoms with Gasteiger partial charge >= 0.3 is 5.97 Å². The van der Waals surface area contributed by atoms with Gasteiger partial charge in [-0.3, -0.25) is 4.79 Å². The number of ether oxygens (including phenoxy) is 2. The Bertz CT molecular complexity index is 896. The summed E-state index contributed by atoms with van der Waals surface area (Å²) in [5, 5.41) is 16.2. The molecule has 0 saturated carbocycles. The van der Waals surface area contributed by atoms with Crippen LogP contribution in [0.25, 0.3) is 6.08 Å². The Morgan fingerprint density at radius 3 is 2.43 bits per heavy atom. The van der Waals surface area contributed by atoms with Crippen molar-refractivity contribution in [2.45, 2.75) is 13.5 Å². The second-order valence-electron chi connectivity index (χ2n) is 6.00. The molecule has 28 heavy (non-hydrogen) atoms. The Kier molecular flexibility index (Phi) is 7.67. The zero-order valence-electron chi connectivity index (χ0n) is 15.4. The van der Waals surface area contributed by atoms with Crippen LogP contribution in [0.2, 0.25) is 0 Å². The number of rotatable bonds is 9. The quantitative estimate of drug-likeness (QED) is 0.410. The topological polar surface area (TPSA) is 100 Å². The van der Waals surface area contributed by atoms with Crippen LogP contribution in [0.3, 0.4) is 0 Å². The zero-order valence-corrected chi connectivity index (χ0v) is 15.4. The molecule has 0 aliphatic carbocycles. The number of nitrogens with zero attached hydrogens (tertiary/aromatic N) is 1. The molecular weight excluding hydrogens is 356 g/mol. The van der Waals surface area contributed by atoms with Gasteiger partial charge in [0.15, 0.2) is 12.4 Å². The lowest BCUT2D eigenvalue weighted by molar-refractivity contribution is -0.143. The van der Waals surface area contributed by atoms with Gasteiger partial charge in [0.1, 0.15) is 18.3 Å². The van der Waals surface area contributed by atoms with Crippen molar-refractivity contribution >= 4 is 23.5 Å². The number of Topliss-reactive ketones (excluding diaryl/α,β-unsaturated/α-hetero) is 1. The molecule has 142 valence electrons. The predicted molar refractivity (Wildman–Crippen MR) is 105 cm³/mol. The molecule has 2 aromatic carbocycles. The van der Waals surface area contributed by atoms with Gasteiger partial charge in [0.05, 0.1) is 6.07 Å². The molecule has 0 amide bonds. The summed E-state index contributed by atoms with van der Waals surface area (Å²) < 4.78 is 10.5. The lowest BCUT2D eigenvalue weighted by Gasteiger charge is -2.06.